The number of nitrogens with zero attached hydrogens (tertiary/aromatic N) is 1. The minimum Gasteiger partial charge on any atom is -0.481 e. The molecule has 1 aromatic carbocycles. The molecule has 0 aliphatic carbocycles. The number of carboxylic acids is 1. The Kier molecular flexibility index (Phi) is 3.76. The number of likely N-dealkylation sites (tertiary alicyclic amines) is 1. The fraction of sp³-hybridized carbons (Fsp3) is 0.467. The molecule has 2 atom stereocenters. The molecule has 5 nitrogen and oxygen atoms in total. The topological polar surface area (TPSA) is 66.8 Å². The van der Waals surface area contributed by atoms with Crippen LogP contribution in [-0.2, 0) is 16.0 Å². The quantitative estimate of drug-likeness (QED) is 0.907. The zero-order valence-electron chi connectivity index (χ0n) is 11.4. The normalized spacial score (nSPS) is 24.3. The Hall–Kier alpha value is -1.75. The van der Waals surface area contributed by atoms with Gasteiger partial charge in [0.15, 0.2) is 6.10 Å². The van der Waals surface area contributed by atoms with E-state index in [1.54, 1.807) is 23.1 Å². The number of amides is 1. The highest BCUT2D eigenvalue weighted by molar-refractivity contribution is 6.30. The van der Waals surface area contributed by atoms with E-state index in [-0.39, 0.29) is 12.5 Å². The van der Waals surface area contributed by atoms with Crippen molar-refractivity contribution in [3.05, 3.63) is 28.8 Å². The molecule has 2 aliphatic rings. The minimum atomic E-state index is -0.838. The Bertz CT molecular complexity index is 589. The first kappa shape index (κ1) is 14.2. The molecule has 1 N–H and O–H groups in total. The highest BCUT2D eigenvalue weighted by Crippen LogP contribution is 2.32. The van der Waals surface area contributed by atoms with Gasteiger partial charge in [-0.3, -0.25) is 9.59 Å². The second kappa shape index (κ2) is 5.56. The van der Waals surface area contributed by atoms with Gasteiger partial charge in [-0.2, -0.15) is 0 Å². The molecule has 1 saturated heterocycles. The van der Waals surface area contributed by atoms with Gasteiger partial charge in [0.05, 0.1) is 5.92 Å². The second-order valence-corrected chi connectivity index (χ2v) is 5.96. The van der Waals surface area contributed by atoms with Gasteiger partial charge in [0, 0.05) is 24.5 Å². The number of aliphatic carboxylic acids is 1. The molecule has 0 unspecified atom stereocenters. The maximum absolute atomic E-state index is 12.5. The largest absolute Gasteiger partial charge is 0.481 e. The molecule has 2 heterocycles. The molecule has 0 bridgehead atoms. The molecule has 0 spiro atoms. The van der Waals surface area contributed by atoms with E-state index in [4.69, 9.17) is 21.4 Å². The predicted octanol–water partition coefficient (Wildman–Crippen LogP) is 1.97. The van der Waals surface area contributed by atoms with Crippen LogP contribution in [0, 0.1) is 5.92 Å². The van der Waals surface area contributed by atoms with Crippen molar-refractivity contribution in [3.63, 3.8) is 0 Å². The predicted molar refractivity (Wildman–Crippen MR) is 76.5 cm³/mol. The Labute approximate surface area is 127 Å². The molecule has 1 amide bonds. The number of benzene rings is 1. The first-order valence-corrected chi connectivity index (χ1v) is 7.39. The van der Waals surface area contributed by atoms with Crippen LogP contribution < -0.4 is 4.74 Å². The van der Waals surface area contributed by atoms with E-state index >= 15 is 0 Å². The van der Waals surface area contributed by atoms with E-state index in [9.17, 15) is 9.59 Å². The Morgan fingerprint density at radius 1 is 1.38 bits per heavy atom. The number of ether oxygens (including phenoxy) is 1. The third-order valence-corrected chi connectivity index (χ3v) is 4.29. The first-order valence-electron chi connectivity index (χ1n) is 7.01. The lowest BCUT2D eigenvalue weighted by atomic mass is 9.97. The molecule has 112 valence electrons. The van der Waals surface area contributed by atoms with E-state index in [1.807, 2.05) is 0 Å². The lowest BCUT2D eigenvalue weighted by molar-refractivity contribution is -0.147. The average Bonchev–Trinajstić information content (AvgIpc) is 2.89. The van der Waals surface area contributed by atoms with Crippen molar-refractivity contribution in [1.82, 2.24) is 4.90 Å². The van der Waals surface area contributed by atoms with Gasteiger partial charge in [-0.25, -0.2) is 0 Å². The number of carbonyl (C=O) groups excluding carboxylic acids is 1. The van der Waals surface area contributed by atoms with Gasteiger partial charge >= 0.3 is 5.97 Å². The molecule has 1 aromatic rings. The van der Waals surface area contributed by atoms with Crippen LogP contribution in [0.2, 0.25) is 5.02 Å². The van der Waals surface area contributed by atoms with E-state index < -0.39 is 18.0 Å². The standard InChI is InChI=1S/C15H16ClNO4/c16-11-3-4-12-10(6-11)7-13(21-12)14(18)17-5-1-2-9(8-17)15(19)20/h3-4,6,9,13H,1-2,5,7-8H2,(H,19,20)/t9-,13-/m1/s1. The Balaban J connectivity index is 1.68. The van der Waals surface area contributed by atoms with Crippen LogP contribution in [0.25, 0.3) is 0 Å². The number of fused-ring (bicyclic) bond motifs is 1. The molecule has 21 heavy (non-hydrogen) atoms. The Morgan fingerprint density at radius 2 is 2.19 bits per heavy atom. The molecular formula is C15H16ClNO4. The fourth-order valence-electron chi connectivity index (χ4n) is 2.94. The number of halogens is 1. The highest BCUT2D eigenvalue weighted by Gasteiger charge is 2.35. The van der Waals surface area contributed by atoms with Crippen molar-refractivity contribution >= 4 is 23.5 Å². The van der Waals surface area contributed by atoms with E-state index in [1.165, 1.54) is 0 Å². The van der Waals surface area contributed by atoms with Crippen LogP contribution in [0.1, 0.15) is 18.4 Å². The molecule has 3 rings (SSSR count). The summed E-state index contributed by atoms with van der Waals surface area (Å²) in [7, 11) is 0. The number of carboxylic acid groups (broad SMARTS) is 1. The Morgan fingerprint density at radius 3 is 2.95 bits per heavy atom. The summed E-state index contributed by atoms with van der Waals surface area (Å²) in [5.74, 6) is -0.756. The zero-order chi connectivity index (χ0) is 15.0. The van der Waals surface area contributed by atoms with Crippen LogP contribution in [0.4, 0.5) is 0 Å². The summed E-state index contributed by atoms with van der Waals surface area (Å²) >= 11 is 5.94. The fourth-order valence-corrected chi connectivity index (χ4v) is 3.13. The van der Waals surface area contributed by atoms with Gasteiger partial charge in [0.25, 0.3) is 5.91 Å². The monoisotopic (exact) mass is 309 g/mol. The third kappa shape index (κ3) is 2.83. The van der Waals surface area contributed by atoms with E-state index in [0.717, 1.165) is 5.56 Å². The van der Waals surface area contributed by atoms with Crippen LogP contribution in [0.3, 0.4) is 0 Å². The van der Waals surface area contributed by atoms with Crippen molar-refractivity contribution in [1.29, 1.82) is 0 Å². The van der Waals surface area contributed by atoms with Gasteiger partial charge in [-0.1, -0.05) is 11.6 Å². The summed E-state index contributed by atoms with van der Waals surface area (Å²) in [6, 6.07) is 5.30. The van der Waals surface area contributed by atoms with E-state index in [0.29, 0.717) is 36.6 Å². The average molecular weight is 310 g/mol. The van der Waals surface area contributed by atoms with Crippen molar-refractivity contribution in [2.75, 3.05) is 13.1 Å². The maximum atomic E-state index is 12.5. The lowest BCUT2D eigenvalue weighted by Crippen LogP contribution is -2.47. The highest BCUT2D eigenvalue weighted by atomic mass is 35.5. The molecule has 0 radical (unpaired) electrons. The summed E-state index contributed by atoms with van der Waals surface area (Å²) < 4.78 is 5.68. The summed E-state index contributed by atoms with van der Waals surface area (Å²) in [5.41, 5.74) is 0.924. The molecule has 0 aromatic heterocycles. The molecule has 1 fully saturated rings. The van der Waals surface area contributed by atoms with Gasteiger partial charge < -0.3 is 14.7 Å². The summed E-state index contributed by atoms with van der Waals surface area (Å²) in [4.78, 5) is 25.2. The third-order valence-electron chi connectivity index (χ3n) is 4.05. The van der Waals surface area contributed by atoms with Crippen molar-refractivity contribution < 1.29 is 19.4 Å². The summed E-state index contributed by atoms with van der Waals surface area (Å²) in [6.07, 6.45) is 1.27. The smallest absolute Gasteiger partial charge is 0.308 e. The van der Waals surface area contributed by atoms with Crippen LogP contribution >= 0.6 is 11.6 Å². The number of rotatable bonds is 2. The maximum Gasteiger partial charge on any atom is 0.308 e. The molecule has 2 aliphatic heterocycles. The first-order chi connectivity index (χ1) is 10.0. The van der Waals surface area contributed by atoms with Crippen LogP contribution in [-0.4, -0.2) is 41.1 Å². The van der Waals surface area contributed by atoms with Crippen molar-refractivity contribution in [2.45, 2.75) is 25.4 Å². The second-order valence-electron chi connectivity index (χ2n) is 5.52. The van der Waals surface area contributed by atoms with Crippen molar-refractivity contribution in [3.8, 4) is 5.75 Å². The number of carbonyl (C=O) groups is 2. The summed E-state index contributed by atoms with van der Waals surface area (Å²) in [6.45, 7) is 0.866. The van der Waals surface area contributed by atoms with Crippen molar-refractivity contribution in [2.24, 2.45) is 5.92 Å². The number of hydrogen-bond donors (Lipinski definition) is 1. The van der Waals surface area contributed by atoms with E-state index in [2.05, 4.69) is 0 Å². The van der Waals surface area contributed by atoms with Gasteiger partial charge in [0.1, 0.15) is 5.75 Å². The number of piperidine rings is 1. The van der Waals surface area contributed by atoms with Crippen LogP contribution in [0.15, 0.2) is 18.2 Å². The van der Waals surface area contributed by atoms with Gasteiger partial charge in [0.2, 0.25) is 0 Å². The molecule has 6 heteroatoms. The minimum absolute atomic E-state index is 0.131. The van der Waals surface area contributed by atoms with Gasteiger partial charge in [-0.05, 0) is 36.6 Å². The van der Waals surface area contributed by atoms with Gasteiger partial charge in [-0.15, -0.1) is 0 Å². The summed E-state index contributed by atoms with van der Waals surface area (Å²) in [5, 5.41) is 9.71. The SMILES string of the molecule is O=C(O)[C@@H]1CCCN(C(=O)[C@H]2Cc3cc(Cl)ccc3O2)C1. The number of hydrogen-bond acceptors (Lipinski definition) is 3. The van der Waals surface area contributed by atoms with Crippen LogP contribution in [0.5, 0.6) is 5.75 Å². The lowest BCUT2D eigenvalue weighted by Gasteiger charge is -2.32. The zero-order valence-corrected chi connectivity index (χ0v) is 12.2. The molecule has 0 saturated carbocycles. The molecular weight excluding hydrogens is 294 g/mol.